The zero-order valence-corrected chi connectivity index (χ0v) is 13.6. The Balaban J connectivity index is 1.61. The first-order chi connectivity index (χ1) is 10.2. The lowest BCUT2D eigenvalue weighted by molar-refractivity contribution is -0.105. The molecule has 2 saturated heterocycles. The van der Waals surface area contributed by atoms with Crippen molar-refractivity contribution in [1.29, 1.82) is 0 Å². The lowest BCUT2D eigenvalue weighted by atomic mass is 9.70. The Morgan fingerprint density at radius 3 is 2.76 bits per heavy atom. The third-order valence-electron chi connectivity index (χ3n) is 6.18. The Morgan fingerprint density at radius 2 is 2.00 bits per heavy atom. The largest absolute Gasteiger partial charge is 0.390 e. The van der Waals surface area contributed by atoms with Crippen molar-refractivity contribution in [3.63, 3.8) is 0 Å². The number of likely N-dealkylation sites (tertiary alicyclic amines) is 1. The summed E-state index contributed by atoms with van der Waals surface area (Å²) in [6.45, 7) is 6.24. The first-order valence-electron chi connectivity index (χ1n) is 8.83. The maximum Gasteiger partial charge on any atom is 0.0700 e. The maximum atomic E-state index is 10.8. The monoisotopic (exact) mass is 296 g/mol. The predicted octanol–water partition coefficient (Wildman–Crippen LogP) is 1.63. The molecular weight excluding hydrogens is 264 g/mol. The molecule has 3 aliphatic rings. The summed E-state index contributed by atoms with van der Waals surface area (Å²) in [5.41, 5.74) is 0.0255. The van der Waals surface area contributed by atoms with Gasteiger partial charge >= 0.3 is 0 Å². The summed E-state index contributed by atoms with van der Waals surface area (Å²) < 4.78 is 5.58. The molecule has 1 aliphatic carbocycles. The highest BCUT2D eigenvalue weighted by Crippen LogP contribution is 2.41. The minimum absolute atomic E-state index is 0.347. The molecule has 2 atom stereocenters. The molecule has 0 aromatic carbocycles. The fourth-order valence-electron chi connectivity index (χ4n) is 4.83. The number of ether oxygens (including phenoxy) is 1. The van der Waals surface area contributed by atoms with Crippen LogP contribution in [-0.4, -0.2) is 62.0 Å². The molecule has 0 spiro atoms. The Bertz CT molecular complexity index is 338. The van der Waals surface area contributed by atoms with Crippen molar-refractivity contribution >= 4 is 0 Å². The molecule has 2 aliphatic heterocycles. The van der Waals surface area contributed by atoms with Crippen LogP contribution in [0.5, 0.6) is 0 Å². The SMILES string of the molecule is CNCC1(CN2CCC3(O)CCCCC3C2)CCOCC1. The third kappa shape index (κ3) is 3.44. The van der Waals surface area contributed by atoms with Crippen molar-refractivity contribution in [2.75, 3.05) is 46.4 Å². The van der Waals surface area contributed by atoms with E-state index in [0.717, 1.165) is 45.7 Å². The highest BCUT2D eigenvalue weighted by Gasteiger charge is 2.44. The second-order valence-electron chi connectivity index (χ2n) is 7.67. The van der Waals surface area contributed by atoms with Gasteiger partial charge < -0.3 is 20.1 Å². The van der Waals surface area contributed by atoms with Gasteiger partial charge in [0.2, 0.25) is 0 Å². The van der Waals surface area contributed by atoms with Gasteiger partial charge in [0.05, 0.1) is 5.60 Å². The fourth-order valence-corrected chi connectivity index (χ4v) is 4.83. The Morgan fingerprint density at radius 1 is 1.19 bits per heavy atom. The zero-order valence-electron chi connectivity index (χ0n) is 13.6. The molecule has 4 heteroatoms. The average molecular weight is 296 g/mol. The molecule has 2 unspecified atom stereocenters. The number of rotatable bonds is 4. The Kier molecular flexibility index (Phi) is 4.89. The zero-order chi connectivity index (χ0) is 14.8. The van der Waals surface area contributed by atoms with E-state index < -0.39 is 0 Å². The molecule has 3 fully saturated rings. The van der Waals surface area contributed by atoms with Crippen LogP contribution in [0.15, 0.2) is 0 Å². The van der Waals surface area contributed by atoms with E-state index in [9.17, 15) is 5.11 Å². The quantitative estimate of drug-likeness (QED) is 0.828. The van der Waals surface area contributed by atoms with Gasteiger partial charge in [-0.25, -0.2) is 0 Å². The molecule has 0 aromatic heterocycles. The van der Waals surface area contributed by atoms with Crippen LogP contribution in [0.4, 0.5) is 0 Å². The van der Waals surface area contributed by atoms with E-state index in [1.807, 2.05) is 0 Å². The molecule has 1 saturated carbocycles. The Labute approximate surface area is 129 Å². The number of hydrogen-bond acceptors (Lipinski definition) is 4. The van der Waals surface area contributed by atoms with Crippen molar-refractivity contribution in [3.05, 3.63) is 0 Å². The molecule has 2 N–H and O–H groups in total. The molecule has 0 bridgehead atoms. The normalized spacial score (nSPS) is 37.1. The van der Waals surface area contributed by atoms with Crippen LogP contribution >= 0.6 is 0 Å². The van der Waals surface area contributed by atoms with Gasteiger partial charge in [-0.3, -0.25) is 0 Å². The highest BCUT2D eigenvalue weighted by atomic mass is 16.5. The van der Waals surface area contributed by atoms with Crippen LogP contribution in [0.2, 0.25) is 0 Å². The summed E-state index contributed by atoms with van der Waals surface area (Å²) in [6.07, 6.45) is 8.07. The minimum atomic E-state index is -0.347. The fraction of sp³-hybridized carbons (Fsp3) is 1.00. The van der Waals surface area contributed by atoms with Gasteiger partial charge in [0.1, 0.15) is 0 Å². The van der Waals surface area contributed by atoms with E-state index in [1.165, 1.54) is 38.6 Å². The first kappa shape index (κ1) is 15.7. The second-order valence-corrected chi connectivity index (χ2v) is 7.67. The summed E-state index contributed by atoms with van der Waals surface area (Å²) in [4.78, 5) is 2.63. The van der Waals surface area contributed by atoms with E-state index in [0.29, 0.717) is 11.3 Å². The van der Waals surface area contributed by atoms with Gasteiger partial charge in [0.25, 0.3) is 0 Å². The lowest BCUT2D eigenvalue weighted by Gasteiger charge is -2.50. The van der Waals surface area contributed by atoms with Crippen molar-refractivity contribution in [3.8, 4) is 0 Å². The van der Waals surface area contributed by atoms with E-state index in [4.69, 9.17) is 4.74 Å². The van der Waals surface area contributed by atoms with Crippen molar-refractivity contribution in [2.24, 2.45) is 11.3 Å². The van der Waals surface area contributed by atoms with Crippen molar-refractivity contribution < 1.29 is 9.84 Å². The number of aliphatic hydroxyl groups is 1. The number of hydrogen-bond donors (Lipinski definition) is 2. The van der Waals surface area contributed by atoms with Gasteiger partial charge in [0, 0.05) is 45.3 Å². The summed E-state index contributed by atoms with van der Waals surface area (Å²) in [7, 11) is 2.06. The number of nitrogens with one attached hydrogen (secondary N) is 1. The summed E-state index contributed by atoms with van der Waals surface area (Å²) in [5, 5.41) is 14.2. The third-order valence-corrected chi connectivity index (χ3v) is 6.18. The van der Waals surface area contributed by atoms with E-state index >= 15 is 0 Å². The minimum Gasteiger partial charge on any atom is -0.390 e. The van der Waals surface area contributed by atoms with Crippen LogP contribution in [0, 0.1) is 11.3 Å². The van der Waals surface area contributed by atoms with Crippen molar-refractivity contribution in [2.45, 2.75) is 50.5 Å². The van der Waals surface area contributed by atoms with Gasteiger partial charge in [0.15, 0.2) is 0 Å². The molecule has 3 rings (SSSR count). The predicted molar refractivity (Wildman–Crippen MR) is 84.4 cm³/mol. The van der Waals surface area contributed by atoms with Crippen LogP contribution in [0.25, 0.3) is 0 Å². The molecule has 4 nitrogen and oxygen atoms in total. The molecule has 0 aromatic rings. The number of piperidine rings is 1. The molecule has 21 heavy (non-hydrogen) atoms. The molecule has 0 amide bonds. The second kappa shape index (κ2) is 6.53. The number of nitrogens with zero attached hydrogens (tertiary/aromatic N) is 1. The summed E-state index contributed by atoms with van der Waals surface area (Å²) >= 11 is 0. The maximum absolute atomic E-state index is 10.8. The van der Waals surface area contributed by atoms with E-state index in [1.54, 1.807) is 0 Å². The van der Waals surface area contributed by atoms with E-state index in [-0.39, 0.29) is 5.60 Å². The van der Waals surface area contributed by atoms with Crippen molar-refractivity contribution in [1.82, 2.24) is 10.2 Å². The van der Waals surface area contributed by atoms with Gasteiger partial charge in [-0.05, 0) is 44.6 Å². The average Bonchev–Trinajstić information content (AvgIpc) is 2.49. The standard InChI is InChI=1S/C17H32N2O2/c1-18-13-16(7-10-21-11-8-16)14-19-9-6-17(20)5-3-2-4-15(17)12-19/h15,18,20H,2-14H2,1H3. The highest BCUT2D eigenvalue weighted by molar-refractivity contribution is 4.97. The molecule has 2 heterocycles. The van der Waals surface area contributed by atoms with Crippen LogP contribution < -0.4 is 5.32 Å². The topological polar surface area (TPSA) is 44.7 Å². The van der Waals surface area contributed by atoms with Gasteiger partial charge in [-0.2, -0.15) is 0 Å². The Hall–Kier alpha value is -0.160. The molecule has 0 radical (unpaired) electrons. The molecule has 122 valence electrons. The number of fused-ring (bicyclic) bond motifs is 1. The molecular formula is C17H32N2O2. The lowest BCUT2D eigenvalue weighted by Crippen LogP contribution is -2.56. The first-order valence-corrected chi connectivity index (χ1v) is 8.83. The van der Waals surface area contributed by atoms with Crippen LogP contribution in [0.1, 0.15) is 44.9 Å². The van der Waals surface area contributed by atoms with E-state index in [2.05, 4.69) is 17.3 Å². The van der Waals surface area contributed by atoms with Gasteiger partial charge in [-0.15, -0.1) is 0 Å². The van der Waals surface area contributed by atoms with Crippen LogP contribution in [-0.2, 0) is 4.74 Å². The summed E-state index contributed by atoms with van der Waals surface area (Å²) in [6, 6.07) is 0. The van der Waals surface area contributed by atoms with Gasteiger partial charge in [-0.1, -0.05) is 12.8 Å². The van der Waals surface area contributed by atoms with Crippen LogP contribution in [0.3, 0.4) is 0 Å². The smallest absolute Gasteiger partial charge is 0.0700 e. The summed E-state index contributed by atoms with van der Waals surface area (Å²) in [5.74, 6) is 0.506.